The first kappa shape index (κ1) is 12.6. The Morgan fingerprint density at radius 2 is 2.06 bits per heavy atom. The van der Waals surface area contributed by atoms with Gasteiger partial charge in [-0.05, 0) is 12.0 Å². The summed E-state index contributed by atoms with van der Waals surface area (Å²) in [5.74, 6) is -3.32. The monoisotopic (exact) mass is 230 g/mol. The van der Waals surface area contributed by atoms with E-state index < -0.39 is 29.6 Å². The molecule has 1 aromatic carbocycles. The Morgan fingerprint density at radius 1 is 1.44 bits per heavy atom. The van der Waals surface area contributed by atoms with Crippen LogP contribution in [-0.2, 0) is 4.79 Å². The number of aliphatic carboxylic acids is 1. The minimum Gasteiger partial charge on any atom is -0.481 e. The minimum atomic E-state index is -1.25. The molecule has 2 unspecified atom stereocenters. The third-order valence-electron chi connectivity index (χ3n) is 2.32. The number of carbonyl (C=O) groups is 1. The molecular formula is C11H12F2O3. The van der Waals surface area contributed by atoms with E-state index >= 15 is 0 Å². The van der Waals surface area contributed by atoms with Gasteiger partial charge in [0.05, 0.1) is 12.5 Å². The Hall–Kier alpha value is -1.49. The molecule has 0 heterocycles. The number of aliphatic hydroxyl groups excluding tert-OH is 1. The van der Waals surface area contributed by atoms with Crippen LogP contribution in [0, 0.1) is 17.6 Å². The Bertz CT molecular complexity index is 393. The number of benzene rings is 1. The lowest BCUT2D eigenvalue weighted by Gasteiger charge is -2.17. The van der Waals surface area contributed by atoms with Crippen LogP contribution in [0.15, 0.2) is 18.2 Å². The molecule has 16 heavy (non-hydrogen) atoms. The van der Waals surface area contributed by atoms with E-state index in [1.807, 2.05) is 0 Å². The number of halogens is 2. The summed E-state index contributed by atoms with van der Waals surface area (Å²) in [6, 6.07) is 2.80. The molecule has 0 spiro atoms. The Kier molecular flexibility index (Phi) is 3.95. The molecule has 0 amide bonds. The van der Waals surface area contributed by atoms with Crippen LogP contribution >= 0.6 is 0 Å². The van der Waals surface area contributed by atoms with Gasteiger partial charge in [-0.1, -0.05) is 13.0 Å². The SMILES string of the molecule is CC(CC(=O)O)C(O)c1ccc(F)cc1F. The van der Waals surface area contributed by atoms with Crippen molar-refractivity contribution in [3.63, 3.8) is 0 Å². The van der Waals surface area contributed by atoms with Crippen LogP contribution in [-0.4, -0.2) is 16.2 Å². The highest BCUT2D eigenvalue weighted by Gasteiger charge is 2.22. The molecule has 3 nitrogen and oxygen atoms in total. The standard InChI is InChI=1S/C11H12F2O3/c1-6(4-10(14)15)11(16)8-3-2-7(12)5-9(8)13/h2-3,5-6,11,16H,4H2,1H3,(H,14,15). The minimum absolute atomic E-state index is 0.0878. The van der Waals surface area contributed by atoms with Crippen molar-refractivity contribution in [2.45, 2.75) is 19.4 Å². The lowest BCUT2D eigenvalue weighted by molar-refractivity contribution is -0.139. The van der Waals surface area contributed by atoms with E-state index in [9.17, 15) is 18.7 Å². The van der Waals surface area contributed by atoms with Crippen LogP contribution in [0.4, 0.5) is 8.78 Å². The van der Waals surface area contributed by atoms with E-state index in [0.717, 1.165) is 12.1 Å². The molecular weight excluding hydrogens is 218 g/mol. The first-order chi connectivity index (χ1) is 7.41. The molecule has 0 saturated carbocycles. The molecule has 1 aromatic rings. The number of carboxylic acid groups (broad SMARTS) is 1. The summed E-state index contributed by atoms with van der Waals surface area (Å²) < 4.78 is 25.9. The second-order valence-corrected chi connectivity index (χ2v) is 3.69. The molecule has 0 aliphatic heterocycles. The number of carboxylic acids is 1. The number of rotatable bonds is 4. The molecule has 2 atom stereocenters. The highest BCUT2D eigenvalue weighted by molar-refractivity contribution is 5.67. The van der Waals surface area contributed by atoms with Crippen molar-refractivity contribution < 1.29 is 23.8 Å². The van der Waals surface area contributed by atoms with Crippen LogP contribution in [0.1, 0.15) is 25.0 Å². The Labute approximate surface area is 91.3 Å². The summed E-state index contributed by atoms with van der Waals surface area (Å²) in [7, 11) is 0. The summed E-state index contributed by atoms with van der Waals surface area (Å²) in [5, 5.41) is 18.2. The van der Waals surface area contributed by atoms with Crippen molar-refractivity contribution in [1.29, 1.82) is 0 Å². The molecule has 2 N–H and O–H groups in total. The fraction of sp³-hybridized carbons (Fsp3) is 0.364. The van der Waals surface area contributed by atoms with Gasteiger partial charge in [0.2, 0.25) is 0 Å². The van der Waals surface area contributed by atoms with Crippen molar-refractivity contribution in [2.75, 3.05) is 0 Å². The molecule has 0 radical (unpaired) electrons. The maximum atomic E-state index is 13.3. The zero-order chi connectivity index (χ0) is 12.3. The zero-order valence-corrected chi connectivity index (χ0v) is 8.65. The predicted molar refractivity (Wildman–Crippen MR) is 52.7 cm³/mol. The second kappa shape index (κ2) is 5.03. The van der Waals surface area contributed by atoms with Gasteiger partial charge < -0.3 is 10.2 Å². The first-order valence-electron chi connectivity index (χ1n) is 4.76. The normalized spacial score (nSPS) is 14.5. The fourth-order valence-electron chi connectivity index (χ4n) is 1.43. The number of hydrogen-bond acceptors (Lipinski definition) is 2. The zero-order valence-electron chi connectivity index (χ0n) is 8.65. The van der Waals surface area contributed by atoms with Gasteiger partial charge in [0.15, 0.2) is 0 Å². The highest BCUT2D eigenvalue weighted by atomic mass is 19.1. The third kappa shape index (κ3) is 3.00. The summed E-state index contributed by atoms with van der Waals surface area (Å²) in [6.45, 7) is 1.49. The lowest BCUT2D eigenvalue weighted by Crippen LogP contribution is -2.14. The number of aliphatic hydroxyl groups is 1. The molecule has 0 bridgehead atoms. The molecule has 1 rings (SSSR count). The van der Waals surface area contributed by atoms with Crippen LogP contribution in [0.2, 0.25) is 0 Å². The van der Waals surface area contributed by atoms with E-state index in [1.165, 1.54) is 6.92 Å². The smallest absolute Gasteiger partial charge is 0.303 e. The molecule has 0 aromatic heterocycles. The predicted octanol–water partition coefficient (Wildman–Crippen LogP) is 2.11. The maximum absolute atomic E-state index is 13.3. The van der Waals surface area contributed by atoms with Crippen molar-refractivity contribution >= 4 is 5.97 Å². The molecule has 0 fully saturated rings. The van der Waals surface area contributed by atoms with Gasteiger partial charge in [-0.3, -0.25) is 4.79 Å². The van der Waals surface area contributed by atoms with Gasteiger partial charge in [0, 0.05) is 11.6 Å². The van der Waals surface area contributed by atoms with Crippen molar-refractivity contribution in [1.82, 2.24) is 0 Å². The fourth-order valence-corrected chi connectivity index (χ4v) is 1.43. The van der Waals surface area contributed by atoms with Gasteiger partial charge in [-0.15, -0.1) is 0 Å². The van der Waals surface area contributed by atoms with Crippen molar-refractivity contribution in [3.8, 4) is 0 Å². The lowest BCUT2D eigenvalue weighted by atomic mass is 9.94. The van der Waals surface area contributed by atoms with Gasteiger partial charge >= 0.3 is 5.97 Å². The Morgan fingerprint density at radius 3 is 2.56 bits per heavy atom. The van der Waals surface area contributed by atoms with Crippen LogP contribution in [0.3, 0.4) is 0 Å². The topological polar surface area (TPSA) is 57.5 Å². The average molecular weight is 230 g/mol. The van der Waals surface area contributed by atoms with Crippen LogP contribution in [0.5, 0.6) is 0 Å². The van der Waals surface area contributed by atoms with E-state index in [1.54, 1.807) is 0 Å². The molecule has 88 valence electrons. The molecule has 0 aliphatic rings. The average Bonchev–Trinajstić information content (AvgIpc) is 2.15. The van der Waals surface area contributed by atoms with Crippen molar-refractivity contribution in [2.24, 2.45) is 5.92 Å². The van der Waals surface area contributed by atoms with E-state index in [4.69, 9.17) is 5.11 Å². The van der Waals surface area contributed by atoms with Crippen molar-refractivity contribution in [3.05, 3.63) is 35.4 Å². The van der Waals surface area contributed by atoms with Crippen LogP contribution in [0.25, 0.3) is 0 Å². The van der Waals surface area contributed by atoms with Gasteiger partial charge in [0.1, 0.15) is 11.6 Å². The van der Waals surface area contributed by atoms with Crippen LogP contribution < -0.4 is 0 Å². The molecule has 0 saturated heterocycles. The maximum Gasteiger partial charge on any atom is 0.303 e. The summed E-state index contributed by atoms with van der Waals surface area (Å²) in [4.78, 5) is 10.4. The first-order valence-corrected chi connectivity index (χ1v) is 4.76. The Balaban J connectivity index is 2.87. The number of hydrogen-bond donors (Lipinski definition) is 2. The van der Waals surface area contributed by atoms with E-state index in [-0.39, 0.29) is 12.0 Å². The summed E-state index contributed by atoms with van der Waals surface area (Å²) >= 11 is 0. The molecule has 5 heteroatoms. The van der Waals surface area contributed by atoms with Gasteiger partial charge in [-0.2, -0.15) is 0 Å². The third-order valence-corrected chi connectivity index (χ3v) is 2.32. The van der Waals surface area contributed by atoms with Gasteiger partial charge in [-0.25, -0.2) is 8.78 Å². The highest BCUT2D eigenvalue weighted by Crippen LogP contribution is 2.26. The van der Waals surface area contributed by atoms with E-state index in [2.05, 4.69) is 0 Å². The summed E-state index contributed by atoms with van der Waals surface area (Å²) in [5.41, 5.74) is -0.0878. The van der Waals surface area contributed by atoms with E-state index in [0.29, 0.717) is 6.07 Å². The van der Waals surface area contributed by atoms with Gasteiger partial charge in [0.25, 0.3) is 0 Å². The molecule has 0 aliphatic carbocycles. The summed E-state index contributed by atoms with van der Waals surface area (Å²) in [6.07, 6.45) is -1.53. The second-order valence-electron chi connectivity index (χ2n) is 3.69. The largest absolute Gasteiger partial charge is 0.481 e. The quantitative estimate of drug-likeness (QED) is 0.832.